The van der Waals surface area contributed by atoms with Crippen molar-refractivity contribution in [1.29, 1.82) is 0 Å². The third-order valence-corrected chi connectivity index (χ3v) is 2.25. The standard InChI is InChI=1S/C7H7ClN6/c8-7-11-3(1-4-13-14-4)5-6(12-7)10-2-9-5/h2,4,13-14H,1H2,(H,9,10,11,12). The zero-order valence-electron chi connectivity index (χ0n) is 7.08. The second-order valence-electron chi connectivity index (χ2n) is 3.09. The van der Waals surface area contributed by atoms with Gasteiger partial charge in [0.05, 0.1) is 18.2 Å². The molecule has 0 aliphatic carbocycles. The first-order valence-electron chi connectivity index (χ1n) is 4.19. The lowest BCUT2D eigenvalue weighted by Crippen LogP contribution is -2.03. The van der Waals surface area contributed by atoms with Gasteiger partial charge in [-0.25, -0.2) is 20.8 Å². The molecule has 0 spiro atoms. The molecule has 72 valence electrons. The van der Waals surface area contributed by atoms with Crippen LogP contribution in [0.2, 0.25) is 5.28 Å². The van der Waals surface area contributed by atoms with Crippen molar-refractivity contribution < 1.29 is 0 Å². The summed E-state index contributed by atoms with van der Waals surface area (Å²) in [5.41, 5.74) is 8.28. The lowest BCUT2D eigenvalue weighted by molar-refractivity contribution is 0.875. The molecule has 0 atom stereocenters. The Morgan fingerprint density at radius 1 is 1.36 bits per heavy atom. The Labute approximate surface area is 84.1 Å². The van der Waals surface area contributed by atoms with Crippen LogP contribution < -0.4 is 10.9 Å². The van der Waals surface area contributed by atoms with E-state index in [0.29, 0.717) is 5.65 Å². The van der Waals surface area contributed by atoms with Crippen molar-refractivity contribution in [2.45, 2.75) is 12.6 Å². The molecular formula is C7H7ClN6. The molecule has 7 heteroatoms. The highest BCUT2D eigenvalue weighted by Gasteiger charge is 2.22. The quantitative estimate of drug-likeness (QED) is 0.478. The van der Waals surface area contributed by atoms with Crippen molar-refractivity contribution in [1.82, 2.24) is 30.8 Å². The van der Waals surface area contributed by atoms with Gasteiger partial charge in [0.2, 0.25) is 5.28 Å². The molecular weight excluding hydrogens is 204 g/mol. The summed E-state index contributed by atoms with van der Waals surface area (Å²) < 4.78 is 0. The smallest absolute Gasteiger partial charge is 0.224 e. The minimum absolute atomic E-state index is 0.236. The molecule has 0 unspecified atom stereocenters. The number of halogens is 1. The van der Waals surface area contributed by atoms with E-state index in [0.717, 1.165) is 17.6 Å². The van der Waals surface area contributed by atoms with Gasteiger partial charge in [-0.3, -0.25) is 0 Å². The van der Waals surface area contributed by atoms with Crippen LogP contribution in [0.1, 0.15) is 5.69 Å². The van der Waals surface area contributed by atoms with E-state index in [1.165, 1.54) is 0 Å². The first kappa shape index (κ1) is 8.10. The number of hydrazine groups is 1. The molecule has 2 aromatic rings. The molecule has 1 aliphatic heterocycles. The highest BCUT2D eigenvalue weighted by molar-refractivity contribution is 6.28. The van der Waals surface area contributed by atoms with Crippen LogP contribution in [0.4, 0.5) is 0 Å². The van der Waals surface area contributed by atoms with E-state index in [9.17, 15) is 0 Å². The maximum Gasteiger partial charge on any atom is 0.224 e. The summed E-state index contributed by atoms with van der Waals surface area (Å²) in [4.78, 5) is 15.2. The van der Waals surface area contributed by atoms with Gasteiger partial charge in [0.25, 0.3) is 0 Å². The molecule has 0 radical (unpaired) electrons. The molecule has 6 nitrogen and oxygen atoms in total. The maximum absolute atomic E-state index is 5.77. The normalized spacial score (nSPS) is 16.4. The number of nitrogens with one attached hydrogen (secondary N) is 3. The Hall–Kier alpha value is -1.24. The van der Waals surface area contributed by atoms with Crippen molar-refractivity contribution >= 4 is 22.8 Å². The predicted molar refractivity (Wildman–Crippen MR) is 50.5 cm³/mol. The zero-order valence-corrected chi connectivity index (χ0v) is 7.84. The van der Waals surface area contributed by atoms with Gasteiger partial charge < -0.3 is 4.98 Å². The molecule has 3 N–H and O–H groups in total. The highest BCUT2D eigenvalue weighted by atomic mass is 35.5. The van der Waals surface area contributed by atoms with Crippen molar-refractivity contribution in [2.24, 2.45) is 0 Å². The summed E-state index contributed by atoms with van der Waals surface area (Å²) in [6.07, 6.45) is 2.64. The fraction of sp³-hybridized carbons (Fsp3) is 0.286. The van der Waals surface area contributed by atoms with Crippen molar-refractivity contribution in [3.05, 3.63) is 17.3 Å². The molecule has 1 fully saturated rings. The second kappa shape index (κ2) is 2.88. The lowest BCUT2D eigenvalue weighted by Gasteiger charge is -1.98. The van der Waals surface area contributed by atoms with E-state index in [1.807, 2.05) is 0 Å². The Morgan fingerprint density at radius 3 is 3.00 bits per heavy atom. The summed E-state index contributed by atoms with van der Waals surface area (Å²) >= 11 is 5.77. The lowest BCUT2D eigenvalue weighted by atomic mass is 10.2. The summed E-state index contributed by atoms with van der Waals surface area (Å²) in [6, 6.07) is 0. The van der Waals surface area contributed by atoms with Gasteiger partial charge in [0, 0.05) is 6.42 Å². The van der Waals surface area contributed by atoms with Crippen LogP contribution in [0.25, 0.3) is 11.2 Å². The summed E-state index contributed by atoms with van der Waals surface area (Å²) in [6.45, 7) is 0. The first-order valence-corrected chi connectivity index (χ1v) is 4.57. The minimum Gasteiger partial charge on any atom is -0.342 e. The molecule has 2 aromatic heterocycles. The molecule has 1 aliphatic rings. The van der Waals surface area contributed by atoms with E-state index in [2.05, 4.69) is 30.8 Å². The summed E-state index contributed by atoms with van der Waals surface area (Å²) in [5, 5.41) is 0.236. The average Bonchev–Trinajstić information content (AvgIpc) is 2.81. The van der Waals surface area contributed by atoms with E-state index in [-0.39, 0.29) is 11.4 Å². The first-order chi connectivity index (χ1) is 6.83. The minimum atomic E-state index is 0.236. The number of hydrogen-bond donors (Lipinski definition) is 3. The van der Waals surface area contributed by atoms with Crippen molar-refractivity contribution in [3.63, 3.8) is 0 Å². The molecule has 0 aromatic carbocycles. The van der Waals surface area contributed by atoms with Gasteiger partial charge >= 0.3 is 0 Å². The maximum atomic E-state index is 5.77. The number of fused-ring (bicyclic) bond motifs is 1. The van der Waals surface area contributed by atoms with Gasteiger partial charge in [-0.05, 0) is 11.6 Å². The monoisotopic (exact) mass is 210 g/mol. The van der Waals surface area contributed by atoms with E-state index >= 15 is 0 Å². The Kier molecular flexibility index (Phi) is 1.66. The topological polar surface area (TPSA) is 98.3 Å². The Morgan fingerprint density at radius 2 is 2.21 bits per heavy atom. The van der Waals surface area contributed by atoms with Gasteiger partial charge in [-0.15, -0.1) is 0 Å². The van der Waals surface area contributed by atoms with Crippen LogP contribution in [0.15, 0.2) is 6.33 Å². The van der Waals surface area contributed by atoms with Gasteiger partial charge in [-0.2, -0.15) is 4.98 Å². The number of aromatic nitrogens is 4. The van der Waals surface area contributed by atoms with Gasteiger partial charge in [0.1, 0.15) is 5.52 Å². The van der Waals surface area contributed by atoms with Crippen LogP contribution in [0.5, 0.6) is 0 Å². The average molecular weight is 211 g/mol. The van der Waals surface area contributed by atoms with Crippen LogP contribution in [0, 0.1) is 0 Å². The molecule has 1 saturated heterocycles. The van der Waals surface area contributed by atoms with Crippen molar-refractivity contribution in [3.8, 4) is 0 Å². The van der Waals surface area contributed by atoms with Crippen molar-refractivity contribution in [2.75, 3.05) is 0 Å². The molecule has 0 bridgehead atoms. The van der Waals surface area contributed by atoms with E-state index in [1.54, 1.807) is 6.33 Å². The molecule has 3 heterocycles. The molecule has 3 rings (SSSR count). The summed E-state index contributed by atoms with van der Waals surface area (Å²) in [7, 11) is 0. The summed E-state index contributed by atoms with van der Waals surface area (Å²) in [5.74, 6) is 0. The number of H-pyrrole nitrogens is 1. The number of hydrogen-bond acceptors (Lipinski definition) is 5. The number of rotatable bonds is 2. The zero-order chi connectivity index (χ0) is 9.54. The van der Waals surface area contributed by atoms with Crippen LogP contribution >= 0.6 is 11.6 Å². The SMILES string of the molecule is Clc1nc(CC2NN2)c2[nH]cnc2n1. The predicted octanol–water partition coefficient (Wildman–Crippen LogP) is -0.0173. The van der Waals surface area contributed by atoms with E-state index in [4.69, 9.17) is 11.6 Å². The van der Waals surface area contributed by atoms with Crippen LogP contribution in [-0.4, -0.2) is 26.1 Å². The van der Waals surface area contributed by atoms with Gasteiger partial charge in [-0.1, -0.05) is 0 Å². The Balaban J connectivity index is 2.13. The largest absolute Gasteiger partial charge is 0.342 e. The second-order valence-corrected chi connectivity index (χ2v) is 3.42. The number of nitrogens with zero attached hydrogens (tertiary/aromatic N) is 3. The number of imidazole rings is 1. The third-order valence-electron chi connectivity index (χ3n) is 2.08. The Bertz CT molecular complexity index is 476. The fourth-order valence-electron chi connectivity index (χ4n) is 1.37. The molecule has 14 heavy (non-hydrogen) atoms. The molecule has 0 saturated carbocycles. The molecule has 0 amide bonds. The fourth-order valence-corrected chi connectivity index (χ4v) is 1.55. The number of aromatic amines is 1. The van der Waals surface area contributed by atoms with Crippen LogP contribution in [0.3, 0.4) is 0 Å². The van der Waals surface area contributed by atoms with Crippen LogP contribution in [-0.2, 0) is 6.42 Å². The highest BCUT2D eigenvalue weighted by Crippen LogP contribution is 2.16. The van der Waals surface area contributed by atoms with Gasteiger partial charge in [0.15, 0.2) is 5.65 Å². The third kappa shape index (κ3) is 1.33. The van der Waals surface area contributed by atoms with E-state index < -0.39 is 0 Å².